The standard InChI is InChI=1S/C19H22N4O5/c1-4-10-21-17(25)22(11-5-2)19(27)23(18(21)26)13-16(24)20-12-14-8-6-7-9-15(14)28-3/h4-9H,1-2,10-13H2,3H3,(H,20,24). The fourth-order valence-electron chi connectivity index (χ4n) is 2.63. The van der Waals surface area contributed by atoms with Crippen molar-refractivity contribution >= 4 is 5.91 Å². The van der Waals surface area contributed by atoms with E-state index in [1.54, 1.807) is 24.3 Å². The van der Waals surface area contributed by atoms with Crippen molar-refractivity contribution in [3.05, 3.63) is 86.6 Å². The summed E-state index contributed by atoms with van der Waals surface area (Å²) in [4.78, 5) is 49.7. The van der Waals surface area contributed by atoms with Gasteiger partial charge in [-0.1, -0.05) is 30.4 Å². The number of methoxy groups -OCH3 is 1. The molecule has 0 aliphatic rings. The number of carbonyl (C=O) groups is 1. The number of nitrogens with one attached hydrogen (secondary N) is 1. The molecule has 1 aromatic heterocycles. The molecule has 1 N–H and O–H groups in total. The summed E-state index contributed by atoms with van der Waals surface area (Å²) in [6.45, 7) is 6.46. The van der Waals surface area contributed by atoms with Crippen molar-refractivity contribution in [3.8, 4) is 5.75 Å². The fourth-order valence-corrected chi connectivity index (χ4v) is 2.63. The Hall–Kier alpha value is -3.62. The molecule has 0 unspecified atom stereocenters. The van der Waals surface area contributed by atoms with Gasteiger partial charge in [0.2, 0.25) is 5.91 Å². The Morgan fingerprint density at radius 3 is 2.07 bits per heavy atom. The average Bonchev–Trinajstić information content (AvgIpc) is 2.70. The first kappa shape index (κ1) is 20.7. The number of carbonyl (C=O) groups excluding carboxylic acids is 1. The van der Waals surface area contributed by atoms with E-state index in [4.69, 9.17) is 4.74 Å². The average molecular weight is 386 g/mol. The minimum absolute atomic E-state index is 0.0854. The molecule has 0 aliphatic carbocycles. The van der Waals surface area contributed by atoms with E-state index in [-0.39, 0.29) is 19.6 Å². The number of hydrogen-bond donors (Lipinski definition) is 1. The highest BCUT2D eigenvalue weighted by molar-refractivity contribution is 5.75. The van der Waals surface area contributed by atoms with Crippen LogP contribution in [0.15, 0.2) is 64.0 Å². The van der Waals surface area contributed by atoms with E-state index in [0.29, 0.717) is 10.3 Å². The van der Waals surface area contributed by atoms with Crippen LogP contribution in [0, 0.1) is 0 Å². The van der Waals surface area contributed by atoms with Gasteiger partial charge in [-0.2, -0.15) is 0 Å². The zero-order valence-electron chi connectivity index (χ0n) is 15.6. The van der Waals surface area contributed by atoms with Gasteiger partial charge in [0.15, 0.2) is 0 Å². The molecule has 2 rings (SSSR count). The Balaban J connectivity index is 2.32. The highest BCUT2D eigenvalue weighted by atomic mass is 16.5. The van der Waals surface area contributed by atoms with Gasteiger partial charge in [0.1, 0.15) is 12.3 Å². The number of nitrogens with zero attached hydrogens (tertiary/aromatic N) is 3. The van der Waals surface area contributed by atoms with Gasteiger partial charge in [-0.3, -0.25) is 4.79 Å². The Kier molecular flexibility index (Phi) is 6.91. The van der Waals surface area contributed by atoms with Crippen LogP contribution < -0.4 is 27.1 Å². The van der Waals surface area contributed by atoms with Crippen molar-refractivity contribution in [1.82, 2.24) is 19.0 Å². The van der Waals surface area contributed by atoms with Crippen LogP contribution in [0.5, 0.6) is 5.75 Å². The molecule has 0 aliphatic heterocycles. The molecule has 0 atom stereocenters. The third-order valence-corrected chi connectivity index (χ3v) is 3.98. The highest BCUT2D eigenvalue weighted by Crippen LogP contribution is 2.16. The summed E-state index contributed by atoms with van der Waals surface area (Å²) in [6, 6.07) is 7.14. The minimum atomic E-state index is -0.873. The fraction of sp³-hybridized carbons (Fsp3) is 0.263. The van der Waals surface area contributed by atoms with Crippen molar-refractivity contribution in [2.45, 2.75) is 26.2 Å². The second-order valence-electron chi connectivity index (χ2n) is 5.82. The van der Waals surface area contributed by atoms with Crippen LogP contribution >= 0.6 is 0 Å². The van der Waals surface area contributed by atoms with Gasteiger partial charge in [-0.15, -0.1) is 13.2 Å². The summed E-state index contributed by atoms with van der Waals surface area (Å²) >= 11 is 0. The van der Waals surface area contributed by atoms with Gasteiger partial charge < -0.3 is 10.1 Å². The number of ether oxygens (including phenoxy) is 1. The SMILES string of the molecule is C=CCn1c(=O)n(CC=C)c(=O)n(CC(=O)NCc2ccccc2OC)c1=O. The second-order valence-corrected chi connectivity index (χ2v) is 5.82. The topological polar surface area (TPSA) is 104 Å². The monoisotopic (exact) mass is 386 g/mol. The van der Waals surface area contributed by atoms with Crippen molar-refractivity contribution in [3.63, 3.8) is 0 Å². The lowest BCUT2D eigenvalue weighted by Crippen LogP contribution is -2.55. The van der Waals surface area contributed by atoms with Crippen LogP contribution in [0.25, 0.3) is 0 Å². The molecule has 0 spiro atoms. The largest absolute Gasteiger partial charge is 0.496 e. The van der Waals surface area contributed by atoms with E-state index in [2.05, 4.69) is 18.5 Å². The highest BCUT2D eigenvalue weighted by Gasteiger charge is 2.16. The number of rotatable bonds is 9. The smallest absolute Gasteiger partial charge is 0.337 e. The van der Waals surface area contributed by atoms with Gasteiger partial charge in [0.05, 0.1) is 20.2 Å². The summed E-state index contributed by atoms with van der Waals surface area (Å²) in [6.07, 6.45) is 2.72. The third kappa shape index (κ3) is 4.37. The van der Waals surface area contributed by atoms with E-state index >= 15 is 0 Å². The predicted octanol–water partition coefficient (Wildman–Crippen LogP) is -0.131. The maximum atomic E-state index is 12.5. The van der Waals surface area contributed by atoms with Crippen molar-refractivity contribution in [1.29, 1.82) is 0 Å². The van der Waals surface area contributed by atoms with Gasteiger partial charge in [0, 0.05) is 12.1 Å². The maximum absolute atomic E-state index is 12.5. The van der Waals surface area contributed by atoms with E-state index in [0.717, 1.165) is 14.7 Å². The summed E-state index contributed by atoms with van der Waals surface area (Å²) in [5, 5.41) is 2.64. The molecule has 9 nitrogen and oxygen atoms in total. The Morgan fingerprint density at radius 1 is 1.00 bits per heavy atom. The molecular weight excluding hydrogens is 364 g/mol. The van der Waals surface area contributed by atoms with Crippen molar-refractivity contribution < 1.29 is 9.53 Å². The number of allylic oxidation sites excluding steroid dienone is 2. The number of benzene rings is 1. The van der Waals surface area contributed by atoms with Crippen LogP contribution in [-0.2, 0) is 31.0 Å². The molecule has 0 radical (unpaired) electrons. The molecule has 0 saturated heterocycles. The van der Waals surface area contributed by atoms with Gasteiger partial charge in [-0.05, 0) is 6.07 Å². The number of para-hydroxylation sites is 1. The molecule has 1 heterocycles. The maximum Gasteiger partial charge on any atom is 0.337 e. The zero-order valence-corrected chi connectivity index (χ0v) is 15.6. The first-order valence-corrected chi connectivity index (χ1v) is 8.49. The molecule has 1 aromatic carbocycles. The molecule has 28 heavy (non-hydrogen) atoms. The van der Waals surface area contributed by atoms with E-state index in [1.807, 2.05) is 0 Å². The zero-order chi connectivity index (χ0) is 20.7. The van der Waals surface area contributed by atoms with Gasteiger partial charge >= 0.3 is 17.1 Å². The summed E-state index contributed by atoms with van der Waals surface area (Å²) in [5.74, 6) is 0.0481. The first-order valence-electron chi connectivity index (χ1n) is 8.49. The van der Waals surface area contributed by atoms with Crippen LogP contribution in [0.4, 0.5) is 0 Å². The summed E-state index contributed by atoms with van der Waals surface area (Å²) in [5.41, 5.74) is -1.78. The second kappa shape index (κ2) is 9.36. The minimum Gasteiger partial charge on any atom is -0.496 e. The molecule has 1 amide bonds. The lowest BCUT2D eigenvalue weighted by atomic mass is 10.2. The normalized spacial score (nSPS) is 10.3. The molecule has 0 fully saturated rings. The van der Waals surface area contributed by atoms with Gasteiger partial charge in [-0.25, -0.2) is 28.1 Å². The summed E-state index contributed by atoms with van der Waals surface area (Å²) in [7, 11) is 1.52. The molecule has 0 bridgehead atoms. The molecule has 0 saturated carbocycles. The molecule has 2 aromatic rings. The number of aromatic nitrogens is 3. The van der Waals surface area contributed by atoms with E-state index < -0.39 is 29.5 Å². The Labute approximate surface area is 160 Å². The molecule has 148 valence electrons. The van der Waals surface area contributed by atoms with E-state index in [1.165, 1.54) is 19.3 Å². The Bertz CT molecular complexity index is 1010. The third-order valence-electron chi connectivity index (χ3n) is 3.98. The lowest BCUT2D eigenvalue weighted by molar-refractivity contribution is -0.122. The number of hydrogen-bond acceptors (Lipinski definition) is 5. The quantitative estimate of drug-likeness (QED) is 0.605. The first-order chi connectivity index (χ1) is 13.4. The molecular formula is C19H22N4O5. The Morgan fingerprint density at radius 2 is 1.54 bits per heavy atom. The van der Waals surface area contributed by atoms with Crippen LogP contribution in [0.2, 0.25) is 0 Å². The van der Waals surface area contributed by atoms with Crippen molar-refractivity contribution in [2.24, 2.45) is 0 Å². The number of amides is 1. The lowest BCUT2D eigenvalue weighted by Gasteiger charge is -2.13. The predicted molar refractivity (Wildman–Crippen MR) is 104 cm³/mol. The molecule has 9 heteroatoms. The van der Waals surface area contributed by atoms with E-state index in [9.17, 15) is 19.2 Å². The van der Waals surface area contributed by atoms with Gasteiger partial charge in [0.25, 0.3) is 0 Å². The van der Waals surface area contributed by atoms with Crippen LogP contribution in [0.3, 0.4) is 0 Å². The summed E-state index contributed by atoms with van der Waals surface area (Å²) < 4.78 is 7.61. The van der Waals surface area contributed by atoms with Crippen molar-refractivity contribution in [2.75, 3.05) is 7.11 Å². The van der Waals surface area contributed by atoms with Crippen LogP contribution in [-0.4, -0.2) is 26.7 Å². The van der Waals surface area contributed by atoms with Crippen LogP contribution in [0.1, 0.15) is 5.56 Å².